The molecule has 1 atom stereocenters. The van der Waals surface area contributed by atoms with Crippen molar-refractivity contribution in [2.45, 2.75) is 51.8 Å². The molecule has 82 valence electrons. The smallest absolute Gasteiger partial charge is 0.237 e. The van der Waals surface area contributed by atoms with Crippen molar-refractivity contribution in [3.05, 3.63) is 0 Å². The van der Waals surface area contributed by atoms with Crippen LogP contribution in [-0.4, -0.2) is 29.2 Å². The Labute approximate surface area is 84.9 Å². The highest BCUT2D eigenvalue weighted by atomic mass is 16.3. The van der Waals surface area contributed by atoms with Crippen molar-refractivity contribution in [3.63, 3.8) is 0 Å². The Morgan fingerprint density at radius 2 is 2.00 bits per heavy atom. The summed E-state index contributed by atoms with van der Waals surface area (Å²) in [7, 11) is 0. The van der Waals surface area contributed by atoms with Crippen LogP contribution in [0.2, 0.25) is 0 Å². The van der Waals surface area contributed by atoms with E-state index >= 15 is 0 Å². The molecule has 0 bridgehead atoms. The molecule has 0 aliphatic heterocycles. The zero-order chi connectivity index (χ0) is 10.9. The Hall–Kier alpha value is -0.610. The highest BCUT2D eigenvalue weighted by molar-refractivity contribution is 5.82. The Balaban J connectivity index is 2.35. The summed E-state index contributed by atoms with van der Waals surface area (Å²) in [6, 6.07) is -0.369. The molecule has 0 aromatic carbocycles. The van der Waals surface area contributed by atoms with Gasteiger partial charge in [0.25, 0.3) is 0 Å². The number of rotatable bonds is 2. The average Bonchev–Trinajstić information content (AvgIpc) is 1.98. The first kappa shape index (κ1) is 11.5. The Morgan fingerprint density at radius 1 is 1.50 bits per heavy atom. The van der Waals surface area contributed by atoms with Crippen molar-refractivity contribution in [2.75, 3.05) is 0 Å². The van der Waals surface area contributed by atoms with Crippen LogP contribution in [0.5, 0.6) is 0 Å². The van der Waals surface area contributed by atoms with Crippen molar-refractivity contribution in [1.29, 1.82) is 0 Å². The fourth-order valence-electron chi connectivity index (χ4n) is 1.39. The topological polar surface area (TPSA) is 75.4 Å². The molecule has 0 aromatic heterocycles. The maximum absolute atomic E-state index is 11.6. The van der Waals surface area contributed by atoms with Crippen LogP contribution < -0.4 is 11.1 Å². The molecule has 1 aliphatic carbocycles. The minimum Gasteiger partial charge on any atom is -0.393 e. The Bertz CT molecular complexity index is 217. The second-order valence-electron chi connectivity index (χ2n) is 5.17. The van der Waals surface area contributed by atoms with Crippen LogP contribution in [0.15, 0.2) is 0 Å². The van der Waals surface area contributed by atoms with E-state index in [1.165, 1.54) is 0 Å². The minimum absolute atomic E-state index is 0.116. The molecule has 1 amide bonds. The fourth-order valence-corrected chi connectivity index (χ4v) is 1.39. The first-order valence-corrected chi connectivity index (χ1v) is 5.04. The van der Waals surface area contributed by atoms with E-state index in [1.807, 2.05) is 20.8 Å². The van der Waals surface area contributed by atoms with Gasteiger partial charge in [-0.2, -0.15) is 0 Å². The second-order valence-corrected chi connectivity index (χ2v) is 5.17. The summed E-state index contributed by atoms with van der Waals surface area (Å²) in [5.41, 5.74) is 5.57. The monoisotopic (exact) mass is 200 g/mol. The normalized spacial score (nSPS) is 29.2. The van der Waals surface area contributed by atoms with Gasteiger partial charge in [-0.25, -0.2) is 0 Å². The van der Waals surface area contributed by atoms with Crippen LogP contribution in [0, 0.1) is 5.41 Å². The number of aliphatic hydroxyl groups excluding tert-OH is 1. The van der Waals surface area contributed by atoms with Crippen molar-refractivity contribution >= 4 is 5.91 Å². The lowest BCUT2D eigenvalue weighted by Crippen LogP contribution is -2.55. The van der Waals surface area contributed by atoms with E-state index in [0.717, 1.165) is 0 Å². The molecule has 14 heavy (non-hydrogen) atoms. The standard InChI is InChI=1S/C10H20N2O2/c1-10(2,3)8(11)9(14)12-6-4-7(13)5-6/h6-8,13H,4-5,11H2,1-3H3,(H,12,14). The van der Waals surface area contributed by atoms with Gasteiger partial charge in [0.1, 0.15) is 0 Å². The molecule has 0 heterocycles. The summed E-state index contributed by atoms with van der Waals surface area (Å²) >= 11 is 0. The number of carbonyl (C=O) groups is 1. The molecule has 4 N–H and O–H groups in total. The van der Waals surface area contributed by atoms with Crippen LogP contribution in [0.25, 0.3) is 0 Å². The van der Waals surface area contributed by atoms with Gasteiger partial charge < -0.3 is 16.2 Å². The second kappa shape index (κ2) is 3.87. The van der Waals surface area contributed by atoms with E-state index in [2.05, 4.69) is 5.32 Å². The van der Waals surface area contributed by atoms with Crippen LogP contribution in [0.4, 0.5) is 0 Å². The van der Waals surface area contributed by atoms with E-state index in [1.54, 1.807) is 0 Å². The SMILES string of the molecule is CC(C)(C)C(N)C(=O)NC1CC(O)C1. The number of amides is 1. The molecule has 4 heteroatoms. The molecule has 4 nitrogen and oxygen atoms in total. The van der Waals surface area contributed by atoms with Crippen LogP contribution in [-0.2, 0) is 4.79 Å². The number of nitrogens with one attached hydrogen (secondary N) is 1. The van der Waals surface area contributed by atoms with Gasteiger partial charge in [-0.05, 0) is 18.3 Å². The summed E-state index contributed by atoms with van der Waals surface area (Å²) in [5, 5.41) is 11.9. The van der Waals surface area contributed by atoms with Crippen molar-refractivity contribution in [2.24, 2.45) is 11.1 Å². The molecule has 0 saturated heterocycles. The molecule has 1 unspecified atom stereocenters. The van der Waals surface area contributed by atoms with Crippen molar-refractivity contribution in [3.8, 4) is 0 Å². The summed E-state index contributed by atoms with van der Waals surface area (Å²) in [6.07, 6.45) is 1.07. The molecule has 1 fully saturated rings. The third-order valence-electron chi connectivity index (χ3n) is 2.68. The predicted octanol–water partition coefficient (Wildman–Crippen LogP) is -0.000700. The predicted molar refractivity (Wildman–Crippen MR) is 54.6 cm³/mol. The Kier molecular flexibility index (Phi) is 3.17. The average molecular weight is 200 g/mol. The van der Waals surface area contributed by atoms with Crippen molar-refractivity contribution in [1.82, 2.24) is 5.32 Å². The van der Waals surface area contributed by atoms with Gasteiger partial charge in [0.2, 0.25) is 5.91 Å². The first-order chi connectivity index (χ1) is 6.30. The highest BCUT2D eigenvalue weighted by Crippen LogP contribution is 2.21. The van der Waals surface area contributed by atoms with Gasteiger partial charge in [-0.1, -0.05) is 20.8 Å². The molecule has 0 spiro atoms. The first-order valence-electron chi connectivity index (χ1n) is 5.04. The van der Waals surface area contributed by atoms with Crippen molar-refractivity contribution < 1.29 is 9.90 Å². The van der Waals surface area contributed by atoms with Gasteiger partial charge in [0, 0.05) is 6.04 Å². The zero-order valence-corrected chi connectivity index (χ0v) is 9.08. The lowest BCUT2D eigenvalue weighted by Gasteiger charge is -2.34. The number of carbonyl (C=O) groups excluding carboxylic acids is 1. The number of hydrogen-bond acceptors (Lipinski definition) is 3. The zero-order valence-electron chi connectivity index (χ0n) is 9.08. The van der Waals surface area contributed by atoms with E-state index in [-0.39, 0.29) is 23.5 Å². The van der Waals surface area contributed by atoms with Gasteiger partial charge in [0.05, 0.1) is 12.1 Å². The third-order valence-corrected chi connectivity index (χ3v) is 2.68. The minimum atomic E-state index is -0.486. The van der Waals surface area contributed by atoms with E-state index in [0.29, 0.717) is 12.8 Å². The summed E-state index contributed by atoms with van der Waals surface area (Å²) in [6.45, 7) is 5.81. The summed E-state index contributed by atoms with van der Waals surface area (Å²) in [5.74, 6) is -0.116. The molecular weight excluding hydrogens is 180 g/mol. The lowest BCUT2D eigenvalue weighted by atomic mass is 9.85. The lowest BCUT2D eigenvalue weighted by molar-refractivity contribution is -0.126. The fraction of sp³-hybridized carbons (Fsp3) is 0.900. The van der Waals surface area contributed by atoms with Gasteiger partial charge in [-0.3, -0.25) is 4.79 Å². The molecule has 1 rings (SSSR count). The number of aliphatic hydroxyl groups is 1. The molecule has 0 aromatic rings. The van der Waals surface area contributed by atoms with E-state index < -0.39 is 6.04 Å². The van der Waals surface area contributed by atoms with Gasteiger partial charge >= 0.3 is 0 Å². The summed E-state index contributed by atoms with van der Waals surface area (Å²) in [4.78, 5) is 11.6. The van der Waals surface area contributed by atoms with Gasteiger partial charge in [0.15, 0.2) is 0 Å². The molecule has 0 radical (unpaired) electrons. The highest BCUT2D eigenvalue weighted by Gasteiger charge is 2.33. The van der Waals surface area contributed by atoms with Crippen LogP contribution >= 0.6 is 0 Å². The molecular formula is C10H20N2O2. The number of nitrogens with two attached hydrogens (primary N) is 1. The number of hydrogen-bond donors (Lipinski definition) is 3. The third kappa shape index (κ3) is 2.69. The maximum Gasteiger partial charge on any atom is 0.237 e. The quantitative estimate of drug-likeness (QED) is 0.587. The van der Waals surface area contributed by atoms with Gasteiger partial charge in [-0.15, -0.1) is 0 Å². The van der Waals surface area contributed by atoms with E-state index in [4.69, 9.17) is 10.8 Å². The van der Waals surface area contributed by atoms with Crippen LogP contribution in [0.3, 0.4) is 0 Å². The summed E-state index contributed by atoms with van der Waals surface area (Å²) < 4.78 is 0. The largest absolute Gasteiger partial charge is 0.393 e. The molecule has 1 aliphatic rings. The van der Waals surface area contributed by atoms with E-state index in [9.17, 15) is 4.79 Å². The Morgan fingerprint density at radius 3 is 2.36 bits per heavy atom. The molecule has 1 saturated carbocycles. The maximum atomic E-state index is 11.6. The van der Waals surface area contributed by atoms with Crippen LogP contribution in [0.1, 0.15) is 33.6 Å².